The van der Waals surface area contributed by atoms with Crippen LogP contribution in [0.4, 0.5) is 0 Å². The molecule has 1 aliphatic heterocycles. The average Bonchev–Trinajstić information content (AvgIpc) is 2.99. The predicted molar refractivity (Wildman–Crippen MR) is 121 cm³/mol. The van der Waals surface area contributed by atoms with E-state index in [1.807, 2.05) is 19.9 Å². The summed E-state index contributed by atoms with van der Waals surface area (Å²) in [6.07, 6.45) is 10.3. The van der Waals surface area contributed by atoms with Crippen molar-refractivity contribution in [2.24, 2.45) is 28.6 Å². The summed E-state index contributed by atoms with van der Waals surface area (Å²) in [6.45, 7) is 11.3. The van der Waals surface area contributed by atoms with Gasteiger partial charge in [-0.3, -0.25) is 9.59 Å². The van der Waals surface area contributed by atoms with Crippen LogP contribution in [0.3, 0.4) is 0 Å². The number of rotatable bonds is 3. The lowest BCUT2D eigenvalue weighted by Gasteiger charge is -2.57. The standard InChI is InChI=1S/C27H38O5/c1-6-26(30-7-2)31-16-23(29)27(32-26)17(3)14-22-20-9-8-18-15-19(28)10-12-24(18,4)21(20)11-13-25(22,27)5/h11,15,17,20,22H,6-10,12-14,16H2,1-5H3/t17-,20+,22-,24-,25-,26?,27-/m0/s1. The first-order valence-corrected chi connectivity index (χ1v) is 12.6. The summed E-state index contributed by atoms with van der Waals surface area (Å²) in [5.74, 6) is 0.127. The second kappa shape index (κ2) is 7.35. The minimum atomic E-state index is -1.14. The van der Waals surface area contributed by atoms with Crippen LogP contribution in [0.1, 0.15) is 79.6 Å². The van der Waals surface area contributed by atoms with E-state index in [1.54, 1.807) is 0 Å². The van der Waals surface area contributed by atoms with E-state index in [0.717, 1.165) is 32.1 Å². The summed E-state index contributed by atoms with van der Waals surface area (Å²) in [6, 6.07) is 0. The molecule has 176 valence electrons. The van der Waals surface area contributed by atoms with Gasteiger partial charge in [0.15, 0.2) is 11.6 Å². The second-order valence-corrected chi connectivity index (χ2v) is 11.2. The van der Waals surface area contributed by atoms with Gasteiger partial charge >= 0.3 is 0 Å². The summed E-state index contributed by atoms with van der Waals surface area (Å²) in [5.41, 5.74) is 1.65. The smallest absolute Gasteiger partial charge is 0.284 e. The van der Waals surface area contributed by atoms with Crippen molar-refractivity contribution in [3.63, 3.8) is 0 Å². The zero-order valence-corrected chi connectivity index (χ0v) is 20.3. The van der Waals surface area contributed by atoms with Gasteiger partial charge in [-0.05, 0) is 62.9 Å². The molecule has 4 aliphatic carbocycles. The lowest BCUT2D eigenvalue weighted by Crippen LogP contribution is -2.67. The number of allylic oxidation sites excluding steroid dienone is 4. The van der Waals surface area contributed by atoms with E-state index in [0.29, 0.717) is 31.3 Å². The summed E-state index contributed by atoms with van der Waals surface area (Å²) in [4.78, 5) is 25.7. The van der Waals surface area contributed by atoms with Crippen molar-refractivity contribution in [1.29, 1.82) is 0 Å². The van der Waals surface area contributed by atoms with E-state index in [4.69, 9.17) is 14.2 Å². The van der Waals surface area contributed by atoms with E-state index in [1.165, 1.54) is 11.1 Å². The van der Waals surface area contributed by atoms with Crippen LogP contribution in [-0.2, 0) is 23.8 Å². The molecule has 32 heavy (non-hydrogen) atoms. The fourth-order valence-electron chi connectivity index (χ4n) is 8.18. The molecule has 0 radical (unpaired) electrons. The van der Waals surface area contributed by atoms with Crippen LogP contribution in [0.5, 0.6) is 0 Å². The van der Waals surface area contributed by atoms with Crippen LogP contribution in [-0.4, -0.2) is 36.4 Å². The average molecular weight is 443 g/mol. The van der Waals surface area contributed by atoms with Gasteiger partial charge in [-0.1, -0.05) is 44.9 Å². The highest BCUT2D eigenvalue weighted by Gasteiger charge is 2.72. The van der Waals surface area contributed by atoms with Crippen LogP contribution in [0.25, 0.3) is 0 Å². The molecule has 3 fully saturated rings. The van der Waals surface area contributed by atoms with Crippen molar-refractivity contribution in [1.82, 2.24) is 0 Å². The van der Waals surface area contributed by atoms with E-state index in [2.05, 4.69) is 26.8 Å². The van der Waals surface area contributed by atoms with Gasteiger partial charge in [0.1, 0.15) is 12.2 Å². The van der Waals surface area contributed by atoms with Crippen LogP contribution >= 0.6 is 0 Å². The first kappa shape index (κ1) is 22.5. The lowest BCUT2D eigenvalue weighted by molar-refractivity contribution is -0.432. The first-order chi connectivity index (χ1) is 15.2. The molecule has 0 aromatic carbocycles. The monoisotopic (exact) mass is 442 g/mol. The molecule has 0 aromatic rings. The van der Waals surface area contributed by atoms with Crippen molar-refractivity contribution in [3.8, 4) is 0 Å². The molecule has 7 atom stereocenters. The number of hydrogen-bond donors (Lipinski definition) is 0. The number of ketones is 2. The molecule has 5 heteroatoms. The highest BCUT2D eigenvalue weighted by atomic mass is 16.9. The molecule has 0 aromatic heterocycles. The Hall–Kier alpha value is -1.30. The lowest BCUT2D eigenvalue weighted by atomic mass is 9.50. The molecule has 5 nitrogen and oxygen atoms in total. The summed E-state index contributed by atoms with van der Waals surface area (Å²) >= 11 is 0. The molecule has 0 amide bonds. The Labute approximate surface area is 191 Å². The fraction of sp³-hybridized carbons (Fsp3) is 0.778. The summed E-state index contributed by atoms with van der Waals surface area (Å²) < 4.78 is 18.6. The summed E-state index contributed by atoms with van der Waals surface area (Å²) in [5, 5.41) is 0. The highest BCUT2D eigenvalue weighted by molar-refractivity contribution is 5.92. The third-order valence-electron chi connectivity index (χ3n) is 9.83. The predicted octanol–water partition coefficient (Wildman–Crippen LogP) is 5.14. The minimum absolute atomic E-state index is 0.00378. The molecule has 0 N–H and O–H groups in total. The maximum Gasteiger partial charge on any atom is 0.284 e. The molecular weight excluding hydrogens is 404 g/mol. The van der Waals surface area contributed by atoms with Crippen LogP contribution in [0.2, 0.25) is 0 Å². The Morgan fingerprint density at radius 1 is 1.19 bits per heavy atom. The SMILES string of the molecule is CCOC1(CC)OCC(=O)[C@@]2(O1)[C@@H](C)C[C@H]1[C@@H]3CCC4=CC(=O)CC[C@]4(C)C3=CC[C@@]12C. The Bertz CT molecular complexity index is 904. The van der Waals surface area contributed by atoms with Gasteiger partial charge in [-0.15, -0.1) is 0 Å². The third-order valence-corrected chi connectivity index (χ3v) is 9.83. The first-order valence-electron chi connectivity index (χ1n) is 12.6. The number of ether oxygens (including phenoxy) is 3. The topological polar surface area (TPSA) is 61.8 Å². The quantitative estimate of drug-likeness (QED) is 0.567. The Kier molecular flexibility index (Phi) is 5.16. The van der Waals surface area contributed by atoms with Crippen molar-refractivity contribution in [2.75, 3.05) is 13.2 Å². The molecule has 1 heterocycles. The number of fused-ring (bicyclic) bond motifs is 6. The Balaban J connectivity index is 1.57. The zero-order valence-electron chi connectivity index (χ0n) is 20.3. The number of carbonyl (C=O) groups is 2. The van der Waals surface area contributed by atoms with Gasteiger partial charge in [0, 0.05) is 30.3 Å². The molecule has 1 spiro atoms. The van der Waals surface area contributed by atoms with E-state index < -0.39 is 11.6 Å². The van der Waals surface area contributed by atoms with E-state index in [-0.39, 0.29) is 34.9 Å². The maximum atomic E-state index is 13.6. The zero-order chi connectivity index (χ0) is 22.9. The summed E-state index contributed by atoms with van der Waals surface area (Å²) in [7, 11) is 0. The van der Waals surface area contributed by atoms with E-state index in [9.17, 15) is 9.59 Å². The van der Waals surface area contributed by atoms with Gasteiger partial charge < -0.3 is 14.2 Å². The van der Waals surface area contributed by atoms with Gasteiger partial charge in [0.2, 0.25) is 0 Å². The normalized spacial score (nSPS) is 48.1. The van der Waals surface area contributed by atoms with E-state index >= 15 is 0 Å². The maximum absolute atomic E-state index is 13.6. The highest BCUT2D eigenvalue weighted by Crippen LogP contribution is 2.69. The molecule has 2 saturated carbocycles. The fourth-order valence-corrected chi connectivity index (χ4v) is 8.18. The van der Waals surface area contributed by atoms with Gasteiger partial charge in [0.25, 0.3) is 5.97 Å². The Morgan fingerprint density at radius 2 is 1.97 bits per heavy atom. The van der Waals surface area contributed by atoms with Crippen molar-refractivity contribution >= 4 is 11.6 Å². The Morgan fingerprint density at radius 3 is 2.69 bits per heavy atom. The van der Waals surface area contributed by atoms with Crippen molar-refractivity contribution in [3.05, 3.63) is 23.3 Å². The largest absolute Gasteiger partial charge is 0.328 e. The molecule has 5 aliphatic rings. The van der Waals surface area contributed by atoms with Crippen molar-refractivity contribution in [2.45, 2.75) is 91.1 Å². The van der Waals surface area contributed by atoms with Gasteiger partial charge in [-0.25, -0.2) is 0 Å². The van der Waals surface area contributed by atoms with Gasteiger partial charge in [-0.2, -0.15) is 0 Å². The molecule has 1 unspecified atom stereocenters. The minimum Gasteiger partial charge on any atom is -0.328 e. The number of carbonyl (C=O) groups excluding carboxylic acids is 2. The third kappa shape index (κ3) is 2.74. The number of hydrogen-bond acceptors (Lipinski definition) is 5. The molecule has 1 saturated heterocycles. The number of Topliss-reactive ketones (excluding diaryl/α,β-unsaturated/α-hetero) is 1. The van der Waals surface area contributed by atoms with Crippen LogP contribution < -0.4 is 0 Å². The molecular formula is C27H38O5. The van der Waals surface area contributed by atoms with Crippen LogP contribution in [0.15, 0.2) is 23.3 Å². The second-order valence-electron chi connectivity index (χ2n) is 11.2. The van der Waals surface area contributed by atoms with Crippen LogP contribution in [0, 0.1) is 28.6 Å². The molecule has 0 bridgehead atoms. The molecule has 5 rings (SSSR count). The van der Waals surface area contributed by atoms with Crippen molar-refractivity contribution < 1.29 is 23.8 Å². The van der Waals surface area contributed by atoms with Gasteiger partial charge in [0.05, 0.1) is 0 Å².